The highest BCUT2D eigenvalue weighted by molar-refractivity contribution is 6.09. The highest BCUT2D eigenvalue weighted by Gasteiger charge is 2.25. The summed E-state index contributed by atoms with van der Waals surface area (Å²) in [7, 11) is 0. The largest absolute Gasteiger partial charge is 0.439 e. The predicted molar refractivity (Wildman–Crippen MR) is 272 cm³/mol. The molecule has 0 saturated heterocycles. The molecule has 0 spiro atoms. The second-order valence-corrected chi connectivity index (χ2v) is 20.0. The topological polar surface area (TPSA) is 48.8 Å². The van der Waals surface area contributed by atoms with Crippen LogP contribution >= 0.6 is 0 Å². The molecule has 0 fully saturated rings. The lowest BCUT2D eigenvalue weighted by Gasteiger charge is -2.27. The molecule has 0 saturated carbocycles. The molecule has 66 heavy (non-hydrogen) atoms. The van der Waals surface area contributed by atoms with Gasteiger partial charge in [-0.05, 0) is 98.0 Å². The van der Waals surface area contributed by atoms with Gasteiger partial charge in [0.05, 0.1) is 40.3 Å². The van der Waals surface area contributed by atoms with Crippen molar-refractivity contribution in [2.24, 2.45) is 5.41 Å². The number of hydrogen-bond acceptors (Lipinski definition) is 3. The molecule has 0 unspecified atom stereocenters. The summed E-state index contributed by atoms with van der Waals surface area (Å²) in [6, 6.07) is 39.6. The molecule has 6 aromatic carbocycles. The number of hydrogen-bond donors (Lipinski definition) is 0. The minimum atomic E-state index is -1.63. The third-order valence-corrected chi connectivity index (χ3v) is 11.9. The van der Waals surface area contributed by atoms with E-state index >= 15 is 0 Å². The summed E-state index contributed by atoms with van der Waals surface area (Å²) in [6.45, 7) is 18.8. The van der Waals surface area contributed by atoms with Crippen LogP contribution in [-0.2, 0) is 17.2 Å². The van der Waals surface area contributed by atoms with Crippen molar-refractivity contribution in [1.29, 1.82) is 0 Å². The molecular formula is C60H57N5O. The molecule has 10 rings (SSSR count). The fourth-order valence-electron chi connectivity index (χ4n) is 8.68. The van der Waals surface area contributed by atoms with Gasteiger partial charge in [0.2, 0.25) is 5.88 Å². The van der Waals surface area contributed by atoms with Crippen LogP contribution in [0.25, 0.3) is 72.3 Å². The molecule has 0 atom stereocenters. The van der Waals surface area contributed by atoms with E-state index in [4.69, 9.17) is 21.6 Å². The summed E-state index contributed by atoms with van der Waals surface area (Å²) in [5.41, 5.74) is 8.64. The zero-order chi connectivity index (χ0) is 52.1. The zero-order valence-corrected chi connectivity index (χ0v) is 38.9. The Morgan fingerprint density at radius 3 is 2.05 bits per heavy atom. The van der Waals surface area contributed by atoms with Gasteiger partial charge >= 0.3 is 0 Å². The SMILES string of the molecule is [2H]c1c([2H])c([2H])c(-c2cccc(-c3cc(C(C)(C)C)cc(C(C)(C)C)c3)c2-[n+]2[c-]n(-c3cccc(Oc4cc5c(cn4)c4ccccc4n5-c4cc(C([2H])([2H])C(C)(C)C)ccn4)c3)c3ccccc32)c([2H])c1[2H]. The van der Waals surface area contributed by atoms with E-state index in [9.17, 15) is 2.74 Å². The molecular weight excluding hydrogens is 807 g/mol. The van der Waals surface area contributed by atoms with Crippen LogP contribution in [0.5, 0.6) is 11.6 Å². The minimum absolute atomic E-state index is 0.0942. The Morgan fingerprint density at radius 1 is 0.636 bits per heavy atom. The highest BCUT2D eigenvalue weighted by Crippen LogP contribution is 2.40. The van der Waals surface area contributed by atoms with Crippen LogP contribution in [0.3, 0.4) is 0 Å². The Kier molecular flexibility index (Phi) is 8.64. The molecule has 0 radical (unpaired) electrons. The maximum absolute atomic E-state index is 9.20. The van der Waals surface area contributed by atoms with Gasteiger partial charge in [0.1, 0.15) is 11.6 Å². The molecule has 4 aromatic heterocycles. The standard InChI is InChI=1S/C60H57N5O/c1-58(2,3)37-40-29-30-61-55(31-40)65-51-26-14-13-23-49(51)50-38-62-56(36-54(50)65)66-46-22-17-21-45(35-46)63-39-64(53-28-16-15-27-52(53)63)57-47(41-19-11-10-12-20-41)24-18-25-48(57)42-32-43(59(4,5)6)34-44(33-42)60(7,8)9/h10-36,38H,37H2,1-9H3/i10D,11D,12D,19D,20D,37D2. The lowest BCUT2D eigenvalue weighted by molar-refractivity contribution is -0.571. The van der Waals surface area contributed by atoms with Crippen LogP contribution in [0.1, 0.15) is 88.6 Å². The molecule has 6 nitrogen and oxygen atoms in total. The first-order valence-corrected chi connectivity index (χ1v) is 22.4. The first-order valence-electron chi connectivity index (χ1n) is 25.9. The smallest absolute Gasteiger partial charge is 0.269 e. The number of fused-ring (bicyclic) bond motifs is 4. The van der Waals surface area contributed by atoms with Gasteiger partial charge in [-0.1, -0.05) is 177 Å². The average molecular weight is 871 g/mol. The number of pyridine rings is 2. The normalized spacial score (nSPS) is 14.1. The molecule has 0 aliphatic carbocycles. The van der Waals surface area contributed by atoms with Crippen LogP contribution in [0.2, 0.25) is 0 Å². The van der Waals surface area contributed by atoms with Crippen molar-refractivity contribution < 1.29 is 18.9 Å². The summed E-state index contributed by atoms with van der Waals surface area (Å²) in [6.07, 6.45) is 5.49. The van der Waals surface area contributed by atoms with Crippen LogP contribution in [0.4, 0.5) is 0 Å². The lowest BCUT2D eigenvalue weighted by Crippen LogP contribution is -2.31. The first kappa shape index (κ1) is 35.0. The molecule has 0 aliphatic rings. The number of benzene rings is 6. The first-order chi connectivity index (χ1) is 34.4. The van der Waals surface area contributed by atoms with Gasteiger partial charge < -0.3 is 4.74 Å². The van der Waals surface area contributed by atoms with Crippen molar-refractivity contribution in [3.05, 3.63) is 193 Å². The quantitative estimate of drug-likeness (QED) is 0.113. The van der Waals surface area contributed by atoms with E-state index < -0.39 is 29.9 Å². The highest BCUT2D eigenvalue weighted by atomic mass is 16.5. The van der Waals surface area contributed by atoms with Crippen LogP contribution < -0.4 is 9.30 Å². The van der Waals surface area contributed by atoms with E-state index in [2.05, 4.69) is 66.1 Å². The molecule has 0 N–H and O–H groups in total. The van der Waals surface area contributed by atoms with Gasteiger partial charge in [-0.15, -0.1) is 0 Å². The summed E-state index contributed by atoms with van der Waals surface area (Å²) in [4.78, 5) is 9.55. The fourth-order valence-corrected chi connectivity index (χ4v) is 8.68. The van der Waals surface area contributed by atoms with Crippen molar-refractivity contribution in [3.63, 3.8) is 0 Å². The number of rotatable bonds is 8. The minimum Gasteiger partial charge on any atom is -0.439 e. The monoisotopic (exact) mass is 871 g/mol. The Labute approximate surface area is 398 Å². The third-order valence-electron chi connectivity index (χ3n) is 11.9. The zero-order valence-electron chi connectivity index (χ0n) is 45.9. The predicted octanol–water partition coefficient (Wildman–Crippen LogP) is 14.9. The van der Waals surface area contributed by atoms with E-state index in [1.807, 2.05) is 138 Å². The van der Waals surface area contributed by atoms with Crippen molar-refractivity contribution in [2.75, 3.05) is 0 Å². The number of imidazole rings is 1. The fraction of sp³-hybridized carbons (Fsp3) is 0.217. The van der Waals surface area contributed by atoms with Crippen molar-refractivity contribution in [1.82, 2.24) is 19.1 Å². The Morgan fingerprint density at radius 2 is 1.32 bits per heavy atom. The maximum atomic E-state index is 9.20. The second-order valence-electron chi connectivity index (χ2n) is 20.0. The number of aromatic nitrogens is 5. The van der Waals surface area contributed by atoms with E-state index in [1.165, 1.54) is 0 Å². The maximum Gasteiger partial charge on any atom is 0.269 e. The molecule has 4 heterocycles. The second kappa shape index (κ2) is 16.3. The van der Waals surface area contributed by atoms with Gasteiger partial charge in [-0.2, -0.15) is 0 Å². The number of para-hydroxylation sites is 4. The van der Waals surface area contributed by atoms with Crippen molar-refractivity contribution in [2.45, 2.75) is 79.5 Å². The van der Waals surface area contributed by atoms with E-state index in [1.54, 1.807) is 18.5 Å². The number of ether oxygens (including phenoxy) is 1. The molecule has 6 heteroatoms. The van der Waals surface area contributed by atoms with Gasteiger partial charge in [-0.25, -0.2) is 9.97 Å². The van der Waals surface area contributed by atoms with Gasteiger partial charge in [0.25, 0.3) is 6.33 Å². The van der Waals surface area contributed by atoms with Crippen LogP contribution in [0.15, 0.2) is 170 Å². The summed E-state index contributed by atoms with van der Waals surface area (Å²) in [5.74, 6) is 1.43. The van der Waals surface area contributed by atoms with E-state index in [0.717, 1.165) is 60.8 Å². The molecule has 328 valence electrons. The molecule has 10 aromatic rings. The Balaban J connectivity index is 1.14. The molecule has 0 amide bonds. The van der Waals surface area contributed by atoms with E-state index in [0.29, 0.717) is 34.3 Å². The average Bonchev–Trinajstić information content (AvgIpc) is 3.90. The molecule has 0 bridgehead atoms. The summed E-state index contributed by atoms with van der Waals surface area (Å²) >= 11 is 0. The van der Waals surface area contributed by atoms with Crippen LogP contribution in [0, 0.1) is 11.7 Å². The lowest BCUT2D eigenvalue weighted by atomic mass is 9.78. The van der Waals surface area contributed by atoms with Gasteiger partial charge in [-0.3, -0.25) is 13.7 Å². The van der Waals surface area contributed by atoms with Gasteiger partial charge in [0.15, 0.2) is 0 Å². The van der Waals surface area contributed by atoms with Gasteiger partial charge in [0, 0.05) is 32.0 Å². The third kappa shape index (κ3) is 8.17. The number of nitrogens with zero attached hydrogens (tertiary/aromatic N) is 5. The summed E-state index contributed by atoms with van der Waals surface area (Å²) < 4.78 is 74.9. The van der Waals surface area contributed by atoms with Crippen molar-refractivity contribution in [3.8, 4) is 51.1 Å². The van der Waals surface area contributed by atoms with E-state index in [-0.39, 0.29) is 28.5 Å². The Bertz CT molecular complexity index is 3770. The van der Waals surface area contributed by atoms with Crippen LogP contribution in [-0.4, -0.2) is 19.1 Å². The Hall–Kier alpha value is -7.31. The summed E-state index contributed by atoms with van der Waals surface area (Å²) in [5, 5.41) is 1.87. The van der Waals surface area contributed by atoms with Crippen molar-refractivity contribution >= 4 is 32.8 Å². The molecule has 0 aliphatic heterocycles.